The molecule has 0 aromatic heterocycles. The van der Waals surface area contributed by atoms with Crippen molar-refractivity contribution >= 4 is 38.4 Å². The van der Waals surface area contributed by atoms with E-state index in [1.807, 2.05) is 30.3 Å². The van der Waals surface area contributed by atoms with Crippen molar-refractivity contribution in [3.8, 4) is 11.1 Å². The highest BCUT2D eigenvalue weighted by Gasteiger charge is 2.24. The van der Waals surface area contributed by atoms with E-state index in [1.54, 1.807) is 74.5 Å². The van der Waals surface area contributed by atoms with Gasteiger partial charge in [-0.1, -0.05) is 68.4 Å². The lowest BCUT2D eigenvalue weighted by Gasteiger charge is -2.18. The SMILES string of the molecule is CC(C)[C@H](NC(=O)c1ccc(-c2cccc(NS(=O)(=O)c3ccc4ccccc4c3)c2)cc1)C(=O)O. The Kier molecular flexibility index (Phi) is 7.07. The summed E-state index contributed by atoms with van der Waals surface area (Å²) >= 11 is 0. The second-order valence-electron chi connectivity index (χ2n) is 8.81. The summed E-state index contributed by atoms with van der Waals surface area (Å²) in [5.74, 6) is -1.82. The van der Waals surface area contributed by atoms with Crippen molar-refractivity contribution in [2.45, 2.75) is 24.8 Å². The van der Waals surface area contributed by atoms with E-state index in [-0.39, 0.29) is 10.8 Å². The van der Waals surface area contributed by atoms with Crippen molar-refractivity contribution in [2.24, 2.45) is 5.92 Å². The first-order chi connectivity index (χ1) is 17.1. The Morgan fingerprint density at radius 2 is 1.47 bits per heavy atom. The maximum absolute atomic E-state index is 13.0. The van der Waals surface area contributed by atoms with Crippen molar-refractivity contribution in [1.82, 2.24) is 5.32 Å². The van der Waals surface area contributed by atoms with E-state index in [2.05, 4.69) is 10.0 Å². The zero-order chi connectivity index (χ0) is 25.9. The van der Waals surface area contributed by atoms with Gasteiger partial charge in [0.05, 0.1) is 4.90 Å². The predicted octanol–water partition coefficient (Wildman–Crippen LogP) is 5.15. The van der Waals surface area contributed by atoms with Gasteiger partial charge in [-0.3, -0.25) is 9.52 Å². The number of rotatable bonds is 8. The summed E-state index contributed by atoms with van der Waals surface area (Å²) in [6, 6.07) is 25.2. The fourth-order valence-corrected chi connectivity index (χ4v) is 4.95. The highest BCUT2D eigenvalue weighted by molar-refractivity contribution is 7.92. The first-order valence-corrected chi connectivity index (χ1v) is 12.9. The zero-order valence-corrected chi connectivity index (χ0v) is 20.6. The lowest BCUT2D eigenvalue weighted by atomic mass is 10.0. The molecule has 4 aromatic carbocycles. The minimum Gasteiger partial charge on any atom is -0.480 e. The van der Waals surface area contributed by atoms with Crippen LogP contribution in [0, 0.1) is 5.92 Å². The van der Waals surface area contributed by atoms with Crippen LogP contribution in [0.15, 0.2) is 95.9 Å². The number of hydrogen-bond acceptors (Lipinski definition) is 4. The highest BCUT2D eigenvalue weighted by atomic mass is 32.2. The molecule has 0 bridgehead atoms. The quantitative estimate of drug-likeness (QED) is 0.309. The van der Waals surface area contributed by atoms with Gasteiger partial charge in [0.15, 0.2) is 0 Å². The summed E-state index contributed by atoms with van der Waals surface area (Å²) in [5, 5.41) is 13.6. The molecule has 0 radical (unpaired) electrons. The first kappa shape index (κ1) is 24.9. The summed E-state index contributed by atoms with van der Waals surface area (Å²) in [6.07, 6.45) is 0. The van der Waals surface area contributed by atoms with Crippen LogP contribution in [0.5, 0.6) is 0 Å². The van der Waals surface area contributed by atoms with Crippen LogP contribution >= 0.6 is 0 Å². The van der Waals surface area contributed by atoms with E-state index in [1.165, 1.54) is 0 Å². The molecular weight excluding hydrogens is 476 g/mol. The van der Waals surface area contributed by atoms with Crippen LogP contribution < -0.4 is 10.0 Å². The van der Waals surface area contributed by atoms with Crippen molar-refractivity contribution < 1.29 is 23.1 Å². The van der Waals surface area contributed by atoms with Gasteiger partial charge in [0.1, 0.15) is 6.04 Å². The largest absolute Gasteiger partial charge is 0.480 e. The minimum atomic E-state index is -3.80. The Morgan fingerprint density at radius 3 is 2.14 bits per heavy atom. The van der Waals surface area contributed by atoms with Crippen LogP contribution in [0.4, 0.5) is 5.69 Å². The maximum atomic E-state index is 13.0. The van der Waals surface area contributed by atoms with E-state index in [0.29, 0.717) is 11.3 Å². The molecule has 0 saturated heterocycles. The fourth-order valence-electron chi connectivity index (χ4n) is 3.86. The van der Waals surface area contributed by atoms with Gasteiger partial charge < -0.3 is 10.4 Å². The molecule has 184 valence electrons. The molecule has 0 aliphatic heterocycles. The number of sulfonamides is 1. The van der Waals surface area contributed by atoms with E-state index in [4.69, 9.17) is 0 Å². The third-order valence-electron chi connectivity index (χ3n) is 5.85. The van der Waals surface area contributed by atoms with Gasteiger partial charge in [0.25, 0.3) is 15.9 Å². The molecule has 0 heterocycles. The second kappa shape index (κ2) is 10.2. The number of benzene rings is 4. The Bertz CT molecular complexity index is 1530. The Hall–Kier alpha value is -4.17. The summed E-state index contributed by atoms with van der Waals surface area (Å²) in [4.78, 5) is 24.0. The van der Waals surface area contributed by atoms with Gasteiger partial charge in [-0.2, -0.15) is 0 Å². The number of nitrogens with one attached hydrogen (secondary N) is 2. The fraction of sp³-hybridized carbons (Fsp3) is 0.143. The number of carbonyl (C=O) groups is 2. The van der Waals surface area contributed by atoms with Crippen molar-refractivity contribution in [3.63, 3.8) is 0 Å². The highest BCUT2D eigenvalue weighted by Crippen LogP contribution is 2.26. The molecule has 1 atom stereocenters. The van der Waals surface area contributed by atoms with Gasteiger partial charge >= 0.3 is 5.97 Å². The molecule has 7 nitrogen and oxygen atoms in total. The molecule has 0 unspecified atom stereocenters. The monoisotopic (exact) mass is 502 g/mol. The van der Waals surface area contributed by atoms with Crippen molar-refractivity contribution in [2.75, 3.05) is 4.72 Å². The second-order valence-corrected chi connectivity index (χ2v) is 10.5. The van der Waals surface area contributed by atoms with E-state index < -0.39 is 27.9 Å². The molecule has 4 rings (SSSR count). The van der Waals surface area contributed by atoms with Gasteiger partial charge in [0, 0.05) is 11.3 Å². The van der Waals surface area contributed by atoms with Crippen molar-refractivity contribution in [3.05, 3.63) is 96.6 Å². The number of aliphatic carboxylic acids is 1. The number of amides is 1. The van der Waals surface area contributed by atoms with Crippen molar-refractivity contribution in [1.29, 1.82) is 0 Å². The molecule has 0 fully saturated rings. The van der Waals surface area contributed by atoms with Crippen LogP contribution in [0.1, 0.15) is 24.2 Å². The maximum Gasteiger partial charge on any atom is 0.326 e. The molecule has 3 N–H and O–H groups in total. The van der Waals surface area contributed by atoms with Gasteiger partial charge in [0.2, 0.25) is 0 Å². The molecule has 0 spiro atoms. The minimum absolute atomic E-state index is 0.169. The summed E-state index contributed by atoms with van der Waals surface area (Å²) < 4.78 is 28.6. The zero-order valence-electron chi connectivity index (χ0n) is 19.8. The molecule has 0 aliphatic carbocycles. The number of carbonyl (C=O) groups excluding carboxylic acids is 1. The molecule has 36 heavy (non-hydrogen) atoms. The Balaban J connectivity index is 1.52. The number of anilines is 1. The summed E-state index contributed by atoms with van der Waals surface area (Å²) in [5.41, 5.74) is 2.27. The number of carboxylic acid groups (broad SMARTS) is 1. The predicted molar refractivity (Wildman–Crippen MR) is 140 cm³/mol. The van der Waals surface area contributed by atoms with Crippen LogP contribution in [0.3, 0.4) is 0 Å². The molecule has 1 amide bonds. The van der Waals surface area contributed by atoms with Gasteiger partial charge in [-0.05, 0) is 64.2 Å². The van der Waals surface area contributed by atoms with Gasteiger partial charge in [-0.25, -0.2) is 13.2 Å². The molecule has 0 saturated carbocycles. The molecule has 0 aliphatic rings. The third-order valence-corrected chi connectivity index (χ3v) is 7.22. The molecule has 4 aromatic rings. The smallest absolute Gasteiger partial charge is 0.326 e. The summed E-state index contributed by atoms with van der Waals surface area (Å²) in [6.45, 7) is 3.45. The summed E-state index contributed by atoms with van der Waals surface area (Å²) in [7, 11) is -3.80. The first-order valence-electron chi connectivity index (χ1n) is 11.4. The topological polar surface area (TPSA) is 113 Å². The lowest BCUT2D eigenvalue weighted by Crippen LogP contribution is -2.44. The van der Waals surface area contributed by atoms with Crippen LogP contribution in [0.25, 0.3) is 21.9 Å². The van der Waals surface area contributed by atoms with Crippen LogP contribution in [-0.4, -0.2) is 31.4 Å². The molecule has 8 heteroatoms. The van der Waals surface area contributed by atoms with E-state index >= 15 is 0 Å². The average molecular weight is 503 g/mol. The number of carboxylic acids is 1. The Labute approximate surface area is 209 Å². The Morgan fingerprint density at radius 1 is 0.778 bits per heavy atom. The van der Waals surface area contributed by atoms with Gasteiger partial charge in [-0.15, -0.1) is 0 Å². The van der Waals surface area contributed by atoms with Crippen LogP contribution in [-0.2, 0) is 14.8 Å². The third kappa shape index (κ3) is 5.55. The normalized spacial score (nSPS) is 12.3. The number of fused-ring (bicyclic) bond motifs is 1. The van der Waals surface area contributed by atoms with E-state index in [0.717, 1.165) is 21.9 Å². The lowest BCUT2D eigenvalue weighted by molar-refractivity contribution is -0.140. The van der Waals surface area contributed by atoms with Crippen LogP contribution in [0.2, 0.25) is 0 Å². The molecular formula is C28H26N2O5S. The number of hydrogen-bond donors (Lipinski definition) is 3. The average Bonchev–Trinajstić information content (AvgIpc) is 2.86. The van der Waals surface area contributed by atoms with E-state index in [9.17, 15) is 23.1 Å². The standard InChI is InChI=1S/C28H26N2O5S/c1-18(2)26(28(32)33)29-27(31)21-12-10-20(11-13-21)22-8-5-9-24(16-22)30-36(34,35)25-15-14-19-6-3-4-7-23(19)17-25/h3-18,26,30H,1-2H3,(H,29,31)(H,32,33)/t26-/m0/s1.